The van der Waals surface area contributed by atoms with Gasteiger partial charge in [-0.25, -0.2) is 0 Å². The summed E-state index contributed by atoms with van der Waals surface area (Å²) in [5.74, 6) is -0.0963. The summed E-state index contributed by atoms with van der Waals surface area (Å²) >= 11 is 0. The van der Waals surface area contributed by atoms with E-state index in [0.717, 1.165) is 0 Å². The number of azide groups is 1. The fraction of sp³-hybridized carbons (Fsp3) is 0.909. The molecule has 0 rings (SSSR count). The van der Waals surface area contributed by atoms with Crippen LogP contribution in [0.3, 0.4) is 0 Å². The van der Waals surface area contributed by atoms with Crippen molar-refractivity contribution in [1.29, 1.82) is 0 Å². The zero-order valence-electron chi connectivity index (χ0n) is 11.2. The molecule has 0 saturated carbocycles. The average Bonchev–Trinajstić information content (AvgIpc) is 2.32. The number of carbonyl (C=O) groups is 1. The van der Waals surface area contributed by atoms with Crippen LogP contribution < -0.4 is 5.32 Å². The van der Waals surface area contributed by atoms with Gasteiger partial charge in [0.25, 0.3) is 0 Å². The maximum absolute atomic E-state index is 11.5. The molecule has 0 aliphatic carbocycles. The van der Waals surface area contributed by atoms with Gasteiger partial charge >= 0.3 is 0 Å². The highest BCUT2D eigenvalue weighted by atomic mass is 16.5. The van der Waals surface area contributed by atoms with Crippen molar-refractivity contribution in [2.75, 3.05) is 19.8 Å². The molecule has 0 aromatic heterocycles. The lowest BCUT2D eigenvalue weighted by Gasteiger charge is -2.25. The van der Waals surface area contributed by atoms with E-state index < -0.39 is 5.60 Å². The number of rotatable bonds is 9. The molecule has 18 heavy (non-hydrogen) atoms. The Hall–Kier alpha value is -1.30. The van der Waals surface area contributed by atoms with E-state index in [1.165, 1.54) is 0 Å². The second-order valence-electron chi connectivity index (χ2n) is 4.76. The molecule has 0 saturated heterocycles. The summed E-state index contributed by atoms with van der Waals surface area (Å²) < 4.78 is 5.45. The lowest BCUT2D eigenvalue weighted by Crippen LogP contribution is -2.40. The molecule has 0 bridgehead atoms. The number of hydrogen-bond donors (Lipinski definition) is 2. The molecule has 0 aliphatic heterocycles. The molecule has 104 valence electrons. The molecule has 0 spiro atoms. The fourth-order valence-corrected chi connectivity index (χ4v) is 1.14. The summed E-state index contributed by atoms with van der Waals surface area (Å²) in [5, 5.41) is 15.1. The first-order valence-electron chi connectivity index (χ1n) is 5.96. The molecule has 7 heteroatoms. The second-order valence-corrected chi connectivity index (χ2v) is 4.76. The standard InChI is InChI=1S/C11H22N4O3/c1-9(7-18-11(2,3)8-16)14-10(17)5-4-6-13-15-12/h9,16H,4-8H2,1-3H3,(H,14,17). The van der Waals surface area contributed by atoms with Gasteiger partial charge < -0.3 is 15.2 Å². The van der Waals surface area contributed by atoms with E-state index >= 15 is 0 Å². The lowest BCUT2D eigenvalue weighted by atomic mass is 10.1. The molecule has 1 unspecified atom stereocenters. The van der Waals surface area contributed by atoms with Gasteiger partial charge in [0.2, 0.25) is 5.91 Å². The van der Waals surface area contributed by atoms with E-state index in [9.17, 15) is 4.79 Å². The van der Waals surface area contributed by atoms with Crippen molar-refractivity contribution in [3.05, 3.63) is 10.4 Å². The summed E-state index contributed by atoms with van der Waals surface area (Å²) in [6.45, 7) is 5.99. The molecule has 0 heterocycles. The molecule has 0 fully saturated rings. The van der Waals surface area contributed by atoms with Crippen LogP contribution in [-0.4, -0.2) is 42.4 Å². The van der Waals surface area contributed by atoms with Gasteiger partial charge in [-0.1, -0.05) is 5.11 Å². The SMILES string of the molecule is CC(COC(C)(C)CO)NC(=O)CCCN=[N+]=[N-]. The highest BCUT2D eigenvalue weighted by Crippen LogP contribution is 2.07. The molecule has 7 nitrogen and oxygen atoms in total. The zero-order valence-corrected chi connectivity index (χ0v) is 11.2. The first-order chi connectivity index (χ1) is 8.41. The van der Waals surface area contributed by atoms with Gasteiger partial charge in [-0.05, 0) is 32.7 Å². The predicted octanol–water partition coefficient (Wildman–Crippen LogP) is 1.37. The highest BCUT2D eigenvalue weighted by Gasteiger charge is 2.18. The smallest absolute Gasteiger partial charge is 0.220 e. The lowest BCUT2D eigenvalue weighted by molar-refractivity contribution is -0.123. The minimum Gasteiger partial charge on any atom is -0.393 e. The van der Waals surface area contributed by atoms with E-state index in [1.807, 2.05) is 6.92 Å². The summed E-state index contributed by atoms with van der Waals surface area (Å²) in [6.07, 6.45) is 0.859. The average molecular weight is 258 g/mol. The third kappa shape index (κ3) is 8.81. The second kappa shape index (κ2) is 8.74. The van der Waals surface area contributed by atoms with Gasteiger partial charge in [0.1, 0.15) is 0 Å². The molecule has 2 N–H and O–H groups in total. The highest BCUT2D eigenvalue weighted by molar-refractivity contribution is 5.76. The van der Waals surface area contributed by atoms with Crippen molar-refractivity contribution in [2.24, 2.45) is 5.11 Å². The number of aliphatic hydroxyl groups excluding tert-OH is 1. The van der Waals surface area contributed by atoms with Crippen LogP contribution in [0.4, 0.5) is 0 Å². The van der Waals surface area contributed by atoms with Crippen LogP contribution in [0.25, 0.3) is 10.4 Å². The molecule has 0 radical (unpaired) electrons. The third-order valence-corrected chi connectivity index (χ3v) is 2.24. The number of hydrogen-bond acceptors (Lipinski definition) is 4. The molecule has 0 aromatic carbocycles. The Morgan fingerprint density at radius 2 is 2.28 bits per heavy atom. The Bertz CT molecular complexity index is 301. The quantitative estimate of drug-likeness (QED) is 0.282. The fourth-order valence-electron chi connectivity index (χ4n) is 1.14. The normalized spacial score (nSPS) is 12.7. The molecule has 1 amide bonds. The number of ether oxygens (including phenoxy) is 1. The number of nitrogens with zero attached hydrogens (tertiary/aromatic N) is 3. The number of carbonyl (C=O) groups excluding carboxylic acids is 1. The van der Waals surface area contributed by atoms with Crippen LogP contribution in [-0.2, 0) is 9.53 Å². The van der Waals surface area contributed by atoms with Gasteiger partial charge in [0.15, 0.2) is 0 Å². The van der Waals surface area contributed by atoms with Crippen LogP contribution in [0, 0.1) is 0 Å². The monoisotopic (exact) mass is 258 g/mol. The first kappa shape index (κ1) is 16.7. The van der Waals surface area contributed by atoms with Gasteiger partial charge in [0.05, 0.1) is 18.8 Å². The van der Waals surface area contributed by atoms with E-state index in [4.69, 9.17) is 15.4 Å². The maximum Gasteiger partial charge on any atom is 0.220 e. The predicted molar refractivity (Wildman–Crippen MR) is 68.0 cm³/mol. The van der Waals surface area contributed by atoms with Crippen LogP contribution in [0.15, 0.2) is 5.11 Å². The summed E-state index contributed by atoms with van der Waals surface area (Å²) in [4.78, 5) is 14.1. The van der Waals surface area contributed by atoms with Crippen molar-refractivity contribution in [1.82, 2.24) is 5.32 Å². The summed E-state index contributed by atoms with van der Waals surface area (Å²) in [7, 11) is 0. The van der Waals surface area contributed by atoms with E-state index in [0.29, 0.717) is 26.0 Å². The van der Waals surface area contributed by atoms with Gasteiger partial charge in [-0.3, -0.25) is 4.79 Å². The minimum atomic E-state index is -0.597. The van der Waals surface area contributed by atoms with Crippen molar-refractivity contribution in [3.8, 4) is 0 Å². The van der Waals surface area contributed by atoms with Crippen molar-refractivity contribution in [2.45, 2.75) is 45.3 Å². The Labute approximate surface area is 107 Å². The minimum absolute atomic E-state index is 0.0696. The van der Waals surface area contributed by atoms with E-state index in [-0.39, 0.29) is 18.6 Å². The van der Waals surface area contributed by atoms with E-state index in [1.54, 1.807) is 13.8 Å². The third-order valence-electron chi connectivity index (χ3n) is 2.24. The van der Waals surface area contributed by atoms with Crippen molar-refractivity contribution in [3.63, 3.8) is 0 Å². The Morgan fingerprint density at radius 3 is 2.83 bits per heavy atom. The van der Waals surface area contributed by atoms with Crippen LogP contribution in [0.1, 0.15) is 33.6 Å². The molecular formula is C11H22N4O3. The molecule has 0 aliphatic rings. The van der Waals surface area contributed by atoms with E-state index in [2.05, 4.69) is 15.3 Å². The topological polar surface area (TPSA) is 107 Å². The Kier molecular flexibility index (Phi) is 8.11. The molecule has 0 aromatic rings. The number of nitrogens with one attached hydrogen (secondary N) is 1. The molecule has 1 atom stereocenters. The number of amides is 1. The van der Waals surface area contributed by atoms with Crippen LogP contribution >= 0.6 is 0 Å². The van der Waals surface area contributed by atoms with Gasteiger partial charge in [-0.15, -0.1) is 0 Å². The maximum atomic E-state index is 11.5. The zero-order chi connectivity index (χ0) is 14.0. The Morgan fingerprint density at radius 1 is 1.61 bits per heavy atom. The Balaban J connectivity index is 3.76. The largest absolute Gasteiger partial charge is 0.393 e. The first-order valence-corrected chi connectivity index (χ1v) is 5.96. The summed E-state index contributed by atoms with van der Waals surface area (Å²) in [5.41, 5.74) is 7.47. The van der Waals surface area contributed by atoms with Crippen molar-refractivity contribution < 1.29 is 14.6 Å². The van der Waals surface area contributed by atoms with Crippen molar-refractivity contribution >= 4 is 5.91 Å². The summed E-state index contributed by atoms with van der Waals surface area (Å²) in [6, 6.07) is -0.122. The molecular weight excluding hydrogens is 236 g/mol. The van der Waals surface area contributed by atoms with Crippen LogP contribution in [0.2, 0.25) is 0 Å². The number of aliphatic hydroxyl groups is 1. The van der Waals surface area contributed by atoms with Gasteiger partial charge in [-0.2, -0.15) is 0 Å². The van der Waals surface area contributed by atoms with Crippen LogP contribution in [0.5, 0.6) is 0 Å². The van der Waals surface area contributed by atoms with Gasteiger partial charge in [0, 0.05) is 23.9 Å².